The molecular weight excluding hydrogens is 312 g/mol. The molecule has 25 heavy (non-hydrogen) atoms. The van der Waals surface area contributed by atoms with Crippen molar-refractivity contribution in [3.8, 4) is 0 Å². The number of carbonyl (C=O) groups excluding carboxylic acids is 1. The second kappa shape index (κ2) is 7.68. The summed E-state index contributed by atoms with van der Waals surface area (Å²) in [6.07, 6.45) is 5.95. The summed E-state index contributed by atoms with van der Waals surface area (Å²) in [5, 5.41) is 3.21. The first kappa shape index (κ1) is 17.5. The molecule has 3 rings (SSSR count). The molecule has 1 heterocycles. The number of nitrogens with one attached hydrogen (secondary N) is 2. The molecule has 0 bridgehead atoms. The highest BCUT2D eigenvalue weighted by Crippen LogP contribution is 2.32. The first-order chi connectivity index (χ1) is 12.0. The van der Waals surface area contributed by atoms with Gasteiger partial charge >= 0.3 is 0 Å². The van der Waals surface area contributed by atoms with Crippen LogP contribution < -0.4 is 10.9 Å². The summed E-state index contributed by atoms with van der Waals surface area (Å²) < 4.78 is 0. The molecular formula is C21H26N2O2. The van der Waals surface area contributed by atoms with Crippen LogP contribution in [0, 0.1) is 0 Å². The van der Waals surface area contributed by atoms with Crippen LogP contribution in [0.3, 0.4) is 0 Å². The normalized spacial score (nSPS) is 16.5. The molecule has 0 spiro atoms. The van der Waals surface area contributed by atoms with Gasteiger partial charge in [0, 0.05) is 18.7 Å². The minimum absolute atomic E-state index is 0.0685. The molecule has 1 amide bonds. The molecule has 1 aliphatic rings. The van der Waals surface area contributed by atoms with E-state index in [1.807, 2.05) is 0 Å². The number of pyridine rings is 1. The van der Waals surface area contributed by atoms with E-state index in [1.165, 1.54) is 22.8 Å². The molecule has 2 aromatic rings. The lowest BCUT2D eigenvalue weighted by Crippen LogP contribution is -2.31. The Morgan fingerprint density at radius 3 is 2.84 bits per heavy atom. The van der Waals surface area contributed by atoms with Crippen molar-refractivity contribution < 1.29 is 4.79 Å². The highest BCUT2D eigenvalue weighted by molar-refractivity contribution is 5.76. The van der Waals surface area contributed by atoms with Gasteiger partial charge in [-0.1, -0.05) is 38.1 Å². The van der Waals surface area contributed by atoms with Gasteiger partial charge in [0.1, 0.15) is 0 Å². The molecule has 0 aliphatic heterocycles. The van der Waals surface area contributed by atoms with Gasteiger partial charge in [0.15, 0.2) is 0 Å². The maximum Gasteiger partial charge on any atom is 0.247 e. The number of hydrogen-bond donors (Lipinski definition) is 2. The summed E-state index contributed by atoms with van der Waals surface area (Å²) in [5.74, 6) is 0.558. The van der Waals surface area contributed by atoms with Crippen LogP contribution in [0.1, 0.15) is 67.3 Å². The van der Waals surface area contributed by atoms with Gasteiger partial charge < -0.3 is 10.3 Å². The van der Waals surface area contributed by atoms with E-state index in [2.05, 4.69) is 42.3 Å². The molecule has 2 N–H and O–H groups in total. The van der Waals surface area contributed by atoms with E-state index in [0.29, 0.717) is 18.8 Å². The van der Waals surface area contributed by atoms with Crippen molar-refractivity contribution in [2.24, 2.45) is 0 Å². The third-order valence-corrected chi connectivity index (χ3v) is 4.98. The molecule has 1 atom stereocenters. The van der Waals surface area contributed by atoms with Gasteiger partial charge in [-0.15, -0.1) is 0 Å². The van der Waals surface area contributed by atoms with E-state index in [4.69, 9.17) is 0 Å². The van der Waals surface area contributed by atoms with Crippen molar-refractivity contribution in [2.75, 3.05) is 0 Å². The topological polar surface area (TPSA) is 62.0 Å². The summed E-state index contributed by atoms with van der Waals surface area (Å²) in [4.78, 5) is 26.1. The Morgan fingerprint density at radius 1 is 1.28 bits per heavy atom. The van der Waals surface area contributed by atoms with Crippen LogP contribution in [0.5, 0.6) is 0 Å². The van der Waals surface area contributed by atoms with Gasteiger partial charge in [0.2, 0.25) is 11.5 Å². The van der Waals surface area contributed by atoms with E-state index in [0.717, 1.165) is 24.8 Å². The summed E-state index contributed by atoms with van der Waals surface area (Å²) in [6, 6.07) is 10.1. The molecule has 4 heteroatoms. The van der Waals surface area contributed by atoms with Gasteiger partial charge in [-0.2, -0.15) is 0 Å². The third kappa shape index (κ3) is 4.38. The van der Waals surface area contributed by atoms with Gasteiger partial charge in [0.25, 0.3) is 0 Å². The minimum Gasteiger partial charge on any atom is -0.349 e. The predicted octanol–water partition coefficient (Wildman–Crippen LogP) is 3.62. The van der Waals surface area contributed by atoms with Crippen LogP contribution in [0.15, 0.2) is 41.3 Å². The Bertz CT molecular complexity index is 787. The second-order valence-electron chi connectivity index (χ2n) is 7.19. The SMILES string of the molecule is CC(C)c1ccc2c(c1)[C@@H](NC(=O)CCc1ccc(=O)[nH]c1)CCC2. The summed E-state index contributed by atoms with van der Waals surface area (Å²) in [6.45, 7) is 4.39. The number of H-pyrrole nitrogens is 1. The highest BCUT2D eigenvalue weighted by atomic mass is 16.1. The van der Waals surface area contributed by atoms with Crippen LogP contribution in [0.4, 0.5) is 0 Å². The van der Waals surface area contributed by atoms with E-state index in [-0.39, 0.29) is 17.5 Å². The fourth-order valence-corrected chi connectivity index (χ4v) is 3.45. The number of aromatic amines is 1. The summed E-state index contributed by atoms with van der Waals surface area (Å²) in [7, 11) is 0. The van der Waals surface area contributed by atoms with Crippen LogP contribution in [0.2, 0.25) is 0 Å². The quantitative estimate of drug-likeness (QED) is 0.874. The lowest BCUT2D eigenvalue weighted by Gasteiger charge is -2.27. The van der Waals surface area contributed by atoms with Crippen molar-refractivity contribution in [1.82, 2.24) is 10.3 Å². The maximum atomic E-state index is 12.4. The van der Waals surface area contributed by atoms with E-state index >= 15 is 0 Å². The van der Waals surface area contributed by atoms with Crippen molar-refractivity contribution in [3.05, 3.63) is 69.1 Å². The number of aromatic nitrogens is 1. The minimum atomic E-state index is -0.118. The standard InChI is InChI=1S/C21H26N2O2/c1-14(2)17-9-8-16-4-3-5-19(18(16)12-17)23-21(25)11-7-15-6-10-20(24)22-13-15/h6,8-10,12-14,19H,3-5,7,11H2,1-2H3,(H,22,24)(H,23,25)/t19-/m0/s1. The van der Waals surface area contributed by atoms with Crippen molar-refractivity contribution in [1.29, 1.82) is 0 Å². The largest absolute Gasteiger partial charge is 0.349 e. The van der Waals surface area contributed by atoms with Crippen LogP contribution >= 0.6 is 0 Å². The predicted molar refractivity (Wildman–Crippen MR) is 99.7 cm³/mol. The first-order valence-electron chi connectivity index (χ1n) is 9.12. The smallest absolute Gasteiger partial charge is 0.247 e. The summed E-state index contributed by atoms with van der Waals surface area (Å²) in [5.41, 5.74) is 4.83. The molecule has 0 unspecified atom stereocenters. The van der Waals surface area contributed by atoms with Gasteiger partial charge in [-0.05, 0) is 53.9 Å². The van der Waals surface area contributed by atoms with E-state index in [9.17, 15) is 9.59 Å². The molecule has 0 fully saturated rings. The molecule has 4 nitrogen and oxygen atoms in total. The molecule has 0 saturated heterocycles. The average Bonchev–Trinajstić information content (AvgIpc) is 2.61. The molecule has 0 radical (unpaired) electrons. The van der Waals surface area contributed by atoms with Crippen molar-refractivity contribution >= 4 is 5.91 Å². The van der Waals surface area contributed by atoms with Crippen molar-refractivity contribution in [2.45, 2.75) is 57.9 Å². The summed E-state index contributed by atoms with van der Waals surface area (Å²) >= 11 is 0. The fourth-order valence-electron chi connectivity index (χ4n) is 3.45. The van der Waals surface area contributed by atoms with E-state index < -0.39 is 0 Å². The number of hydrogen-bond acceptors (Lipinski definition) is 2. The maximum absolute atomic E-state index is 12.4. The Hall–Kier alpha value is -2.36. The molecule has 132 valence electrons. The van der Waals surface area contributed by atoms with Crippen LogP contribution in [-0.2, 0) is 17.6 Å². The number of aryl methyl sites for hydroxylation is 2. The Balaban J connectivity index is 1.65. The number of amides is 1. The number of fused-ring (bicyclic) bond motifs is 1. The Labute approximate surface area is 148 Å². The lowest BCUT2D eigenvalue weighted by atomic mass is 9.85. The zero-order valence-electron chi connectivity index (χ0n) is 15.0. The van der Waals surface area contributed by atoms with Crippen LogP contribution in [-0.4, -0.2) is 10.9 Å². The number of rotatable bonds is 5. The van der Waals surface area contributed by atoms with Crippen LogP contribution in [0.25, 0.3) is 0 Å². The molecule has 1 aromatic heterocycles. The second-order valence-corrected chi connectivity index (χ2v) is 7.19. The lowest BCUT2D eigenvalue weighted by molar-refractivity contribution is -0.121. The zero-order valence-corrected chi connectivity index (χ0v) is 15.0. The highest BCUT2D eigenvalue weighted by Gasteiger charge is 2.22. The molecule has 0 saturated carbocycles. The van der Waals surface area contributed by atoms with Gasteiger partial charge in [-0.3, -0.25) is 9.59 Å². The first-order valence-corrected chi connectivity index (χ1v) is 9.12. The fraction of sp³-hybridized carbons (Fsp3) is 0.429. The Kier molecular flexibility index (Phi) is 5.37. The molecule has 1 aromatic carbocycles. The molecule has 1 aliphatic carbocycles. The van der Waals surface area contributed by atoms with Gasteiger partial charge in [0.05, 0.1) is 6.04 Å². The Morgan fingerprint density at radius 2 is 2.12 bits per heavy atom. The van der Waals surface area contributed by atoms with E-state index in [1.54, 1.807) is 12.3 Å². The average molecular weight is 338 g/mol. The number of carbonyl (C=O) groups is 1. The van der Waals surface area contributed by atoms with Crippen molar-refractivity contribution in [3.63, 3.8) is 0 Å². The van der Waals surface area contributed by atoms with Gasteiger partial charge in [-0.25, -0.2) is 0 Å². The third-order valence-electron chi connectivity index (χ3n) is 4.98. The number of benzene rings is 1. The zero-order chi connectivity index (χ0) is 17.8. The monoisotopic (exact) mass is 338 g/mol.